The molecule has 0 saturated carbocycles. The average molecular weight is 225 g/mol. The van der Waals surface area contributed by atoms with E-state index in [0.717, 1.165) is 0 Å². The smallest absolute Gasteiger partial charge is 0.308 e. The number of carbonyl (C=O) groups excluding carboxylic acids is 2. The van der Waals surface area contributed by atoms with Crippen LogP contribution in [0.1, 0.15) is 12.5 Å². The van der Waals surface area contributed by atoms with Crippen molar-refractivity contribution in [3.8, 4) is 5.75 Å². The van der Waals surface area contributed by atoms with E-state index >= 15 is 0 Å². The molecule has 0 atom stereocenters. The number of hydrogen-bond donors (Lipinski definition) is 0. The van der Waals surface area contributed by atoms with Crippen LogP contribution in [0, 0.1) is 0 Å². The van der Waals surface area contributed by atoms with Crippen LogP contribution in [-0.4, -0.2) is 12.3 Å². The second-order valence-electron chi connectivity index (χ2n) is 2.77. The summed E-state index contributed by atoms with van der Waals surface area (Å²) in [5.74, 6) is -0.0388. The number of esters is 1. The molecule has 0 amide bonds. The van der Waals surface area contributed by atoms with E-state index in [1.807, 2.05) is 0 Å². The van der Waals surface area contributed by atoms with Crippen molar-refractivity contribution in [2.75, 3.05) is 0 Å². The van der Waals surface area contributed by atoms with E-state index in [-0.39, 0.29) is 0 Å². The molecule has 4 heteroatoms. The van der Waals surface area contributed by atoms with Crippen LogP contribution in [0.3, 0.4) is 0 Å². The minimum absolute atomic E-state index is 0.380. The largest absolute Gasteiger partial charge is 0.426 e. The summed E-state index contributed by atoms with van der Waals surface area (Å²) in [6.07, 6.45) is 3.47. The number of aldehydes is 1. The van der Waals surface area contributed by atoms with E-state index < -0.39 is 5.97 Å². The molecule has 0 bridgehead atoms. The summed E-state index contributed by atoms with van der Waals surface area (Å²) in [5.41, 5.74) is 0.588. The van der Waals surface area contributed by atoms with Crippen LogP contribution in [0.15, 0.2) is 24.3 Å². The Labute approximate surface area is 92.3 Å². The lowest BCUT2D eigenvalue weighted by Crippen LogP contribution is -2.02. The molecule has 78 valence electrons. The molecule has 0 N–H and O–H groups in total. The molecule has 1 rings (SSSR count). The van der Waals surface area contributed by atoms with Crippen LogP contribution in [0.4, 0.5) is 0 Å². The first-order valence-corrected chi connectivity index (χ1v) is 4.61. The second-order valence-corrected chi connectivity index (χ2v) is 3.21. The third-order valence-corrected chi connectivity index (χ3v) is 1.81. The maximum Gasteiger partial charge on any atom is 0.308 e. The summed E-state index contributed by atoms with van der Waals surface area (Å²) in [4.78, 5) is 20.9. The minimum atomic E-state index is -0.418. The number of allylic oxidation sites excluding steroid dienone is 1. The topological polar surface area (TPSA) is 43.4 Å². The van der Waals surface area contributed by atoms with Crippen molar-refractivity contribution in [3.05, 3.63) is 34.9 Å². The van der Waals surface area contributed by atoms with E-state index in [1.165, 1.54) is 19.1 Å². The van der Waals surface area contributed by atoms with Gasteiger partial charge in [-0.15, -0.1) is 0 Å². The Kier molecular flexibility index (Phi) is 4.06. The van der Waals surface area contributed by atoms with Crippen molar-refractivity contribution < 1.29 is 14.3 Å². The SMILES string of the molecule is CC(=O)Oc1ccc(Cl)cc1/C=C\C=O. The number of hydrogen-bond acceptors (Lipinski definition) is 3. The molecule has 0 aliphatic carbocycles. The minimum Gasteiger partial charge on any atom is -0.426 e. The standard InChI is InChI=1S/C11H9ClO3/c1-8(14)15-11-5-4-10(12)7-9(11)3-2-6-13/h2-7H,1H3/b3-2-. The number of carbonyl (C=O) groups is 2. The molecule has 1 aromatic carbocycles. The van der Waals surface area contributed by atoms with Gasteiger partial charge in [-0.05, 0) is 30.4 Å². The maximum absolute atomic E-state index is 10.8. The summed E-state index contributed by atoms with van der Waals surface area (Å²) in [5, 5.41) is 0.511. The molecule has 0 spiro atoms. The molecule has 0 aliphatic rings. The second kappa shape index (κ2) is 5.32. The zero-order valence-corrected chi connectivity index (χ0v) is 8.82. The first-order valence-electron chi connectivity index (χ1n) is 4.23. The predicted molar refractivity (Wildman–Crippen MR) is 57.9 cm³/mol. The van der Waals surface area contributed by atoms with Crippen LogP contribution >= 0.6 is 11.6 Å². The number of halogens is 1. The van der Waals surface area contributed by atoms with Crippen molar-refractivity contribution in [3.63, 3.8) is 0 Å². The normalized spacial score (nSPS) is 10.3. The van der Waals surface area contributed by atoms with Crippen molar-refractivity contribution >= 4 is 29.9 Å². The van der Waals surface area contributed by atoms with E-state index in [9.17, 15) is 9.59 Å². The van der Waals surface area contributed by atoms with Crippen LogP contribution in [0.2, 0.25) is 5.02 Å². The Morgan fingerprint density at radius 3 is 2.80 bits per heavy atom. The van der Waals surface area contributed by atoms with Crippen LogP contribution in [0.25, 0.3) is 6.08 Å². The molecular formula is C11H9ClO3. The Bertz CT molecular complexity index is 410. The van der Waals surface area contributed by atoms with Gasteiger partial charge in [-0.2, -0.15) is 0 Å². The fraction of sp³-hybridized carbons (Fsp3) is 0.0909. The Morgan fingerprint density at radius 2 is 2.20 bits per heavy atom. The molecule has 0 unspecified atom stereocenters. The molecule has 0 aliphatic heterocycles. The van der Waals surface area contributed by atoms with Gasteiger partial charge in [0.1, 0.15) is 12.0 Å². The average Bonchev–Trinajstić information content (AvgIpc) is 2.18. The van der Waals surface area contributed by atoms with Gasteiger partial charge in [0.2, 0.25) is 0 Å². The van der Waals surface area contributed by atoms with E-state index in [1.54, 1.807) is 18.2 Å². The lowest BCUT2D eigenvalue weighted by atomic mass is 10.2. The van der Waals surface area contributed by atoms with Gasteiger partial charge in [0.05, 0.1) is 0 Å². The molecule has 1 aromatic rings. The van der Waals surface area contributed by atoms with Gasteiger partial charge in [0.25, 0.3) is 0 Å². The lowest BCUT2D eigenvalue weighted by Gasteiger charge is -2.05. The lowest BCUT2D eigenvalue weighted by molar-refractivity contribution is -0.131. The van der Waals surface area contributed by atoms with Gasteiger partial charge >= 0.3 is 5.97 Å². The highest BCUT2D eigenvalue weighted by molar-refractivity contribution is 6.30. The number of ether oxygens (including phenoxy) is 1. The molecule has 15 heavy (non-hydrogen) atoms. The number of benzene rings is 1. The zero-order valence-electron chi connectivity index (χ0n) is 8.07. The zero-order chi connectivity index (χ0) is 11.3. The summed E-state index contributed by atoms with van der Waals surface area (Å²) in [7, 11) is 0. The maximum atomic E-state index is 10.8. The van der Waals surface area contributed by atoms with Gasteiger partial charge in [-0.25, -0.2) is 0 Å². The van der Waals surface area contributed by atoms with Gasteiger partial charge in [-0.3, -0.25) is 9.59 Å². The highest BCUT2D eigenvalue weighted by Gasteiger charge is 2.04. The predicted octanol–water partition coefficient (Wildman–Crippen LogP) is 2.48. The van der Waals surface area contributed by atoms with Gasteiger partial charge < -0.3 is 4.74 Å². The summed E-state index contributed by atoms with van der Waals surface area (Å²) < 4.78 is 4.93. The van der Waals surface area contributed by atoms with Gasteiger partial charge in [-0.1, -0.05) is 11.6 Å². The molecule has 3 nitrogen and oxygen atoms in total. The number of rotatable bonds is 3. The van der Waals surface area contributed by atoms with E-state index in [4.69, 9.17) is 16.3 Å². The van der Waals surface area contributed by atoms with Crippen molar-refractivity contribution in [1.29, 1.82) is 0 Å². The van der Waals surface area contributed by atoms with Crippen molar-refractivity contribution in [1.82, 2.24) is 0 Å². The van der Waals surface area contributed by atoms with Crippen molar-refractivity contribution in [2.45, 2.75) is 6.92 Å². The van der Waals surface area contributed by atoms with Gasteiger partial charge in [0.15, 0.2) is 0 Å². The van der Waals surface area contributed by atoms with Crippen LogP contribution < -0.4 is 4.74 Å². The summed E-state index contributed by atoms with van der Waals surface area (Å²) in [6.45, 7) is 1.31. The molecular weight excluding hydrogens is 216 g/mol. The first-order chi connectivity index (χ1) is 7.13. The highest BCUT2D eigenvalue weighted by atomic mass is 35.5. The van der Waals surface area contributed by atoms with E-state index in [2.05, 4.69) is 0 Å². The fourth-order valence-electron chi connectivity index (χ4n) is 1.04. The molecule has 0 aromatic heterocycles. The molecule has 0 heterocycles. The third-order valence-electron chi connectivity index (χ3n) is 1.58. The third kappa shape index (κ3) is 3.56. The summed E-state index contributed by atoms with van der Waals surface area (Å²) >= 11 is 5.77. The summed E-state index contributed by atoms with van der Waals surface area (Å²) in [6, 6.07) is 4.80. The van der Waals surface area contributed by atoms with Crippen molar-refractivity contribution in [2.24, 2.45) is 0 Å². The quantitative estimate of drug-likeness (QED) is 0.343. The Balaban J connectivity index is 3.07. The molecule has 0 radical (unpaired) electrons. The fourth-order valence-corrected chi connectivity index (χ4v) is 1.22. The Morgan fingerprint density at radius 1 is 1.47 bits per heavy atom. The Hall–Kier alpha value is -1.61. The van der Waals surface area contributed by atoms with Crippen LogP contribution in [0.5, 0.6) is 5.75 Å². The van der Waals surface area contributed by atoms with E-state index in [0.29, 0.717) is 22.6 Å². The van der Waals surface area contributed by atoms with Crippen LogP contribution in [-0.2, 0) is 9.59 Å². The molecule has 0 saturated heterocycles. The van der Waals surface area contributed by atoms with Gasteiger partial charge in [0, 0.05) is 17.5 Å². The highest BCUT2D eigenvalue weighted by Crippen LogP contribution is 2.24. The molecule has 0 fully saturated rings. The monoisotopic (exact) mass is 224 g/mol. The first kappa shape index (κ1) is 11.5.